The number of rotatable bonds is 7. The molecule has 0 saturated heterocycles. The highest BCUT2D eigenvalue weighted by Gasteiger charge is 2.23. The van der Waals surface area contributed by atoms with Crippen molar-refractivity contribution >= 4 is 12.2 Å². The molecule has 3 aromatic heterocycles. The second-order valence-corrected chi connectivity index (χ2v) is 7.69. The van der Waals surface area contributed by atoms with Gasteiger partial charge in [-0.15, -0.1) is 0 Å². The minimum atomic E-state index is -0.164. The first-order chi connectivity index (χ1) is 15.5. The summed E-state index contributed by atoms with van der Waals surface area (Å²) in [4.78, 5) is 21.5. The molecule has 0 spiro atoms. The summed E-state index contributed by atoms with van der Waals surface area (Å²) in [5, 5.41) is 5.54. The normalized spacial score (nSPS) is 11.8. The van der Waals surface area contributed by atoms with Gasteiger partial charge in [0.05, 0.1) is 30.7 Å². The number of pyridine rings is 2. The maximum absolute atomic E-state index is 12.7. The summed E-state index contributed by atoms with van der Waals surface area (Å²) in [6.07, 6.45) is 4.56. The van der Waals surface area contributed by atoms with Crippen molar-refractivity contribution in [1.29, 1.82) is 0 Å². The van der Waals surface area contributed by atoms with Gasteiger partial charge in [0.15, 0.2) is 17.0 Å². The molecule has 3 aromatic rings. The van der Waals surface area contributed by atoms with Crippen molar-refractivity contribution < 1.29 is 14.2 Å². The highest BCUT2D eigenvalue weighted by molar-refractivity contribution is 7.71. The lowest BCUT2D eigenvalue weighted by atomic mass is 10.0. The summed E-state index contributed by atoms with van der Waals surface area (Å²) in [5.41, 5.74) is 2.75. The monoisotopic (exact) mass is 459 g/mol. The lowest BCUT2D eigenvalue weighted by molar-refractivity contribution is 0.170. The number of aromatic amines is 2. The number of nitrogens with one attached hydrogen (secondary N) is 2. The number of fused-ring (bicyclic) bond motifs is 3. The number of hydrogen-bond donors (Lipinski definition) is 2. The van der Waals surface area contributed by atoms with E-state index in [4.69, 9.17) is 26.4 Å². The minimum absolute atomic E-state index is 0.164. The molecule has 2 N–H and O–H groups in total. The van der Waals surface area contributed by atoms with Crippen molar-refractivity contribution in [3.05, 3.63) is 38.9 Å². The Hall–Kier alpha value is -2.98. The Balaban J connectivity index is 0.000000913. The van der Waals surface area contributed by atoms with Gasteiger partial charge in [-0.25, -0.2) is 4.98 Å². The SMILES string of the molecule is CCC.COCCCOc1cc2c(nc1OC)-c1cc(=O)c(-c3nc(=S)[nH][nH]3)cn1CC2. The molecule has 172 valence electrons. The molecule has 1 aliphatic heterocycles. The average molecular weight is 460 g/mol. The first-order valence-electron chi connectivity index (χ1n) is 10.6. The number of aryl methyl sites for hydroxylation is 2. The topological polar surface area (TPSA) is 107 Å². The Morgan fingerprint density at radius 3 is 2.59 bits per heavy atom. The molecular weight excluding hydrogens is 430 g/mol. The summed E-state index contributed by atoms with van der Waals surface area (Å²) in [5.74, 6) is 1.41. The summed E-state index contributed by atoms with van der Waals surface area (Å²) in [6.45, 7) is 6.09. The average Bonchev–Trinajstić information content (AvgIpc) is 3.22. The molecule has 32 heavy (non-hydrogen) atoms. The van der Waals surface area contributed by atoms with Crippen LogP contribution >= 0.6 is 12.2 Å². The zero-order valence-corrected chi connectivity index (χ0v) is 19.7. The highest BCUT2D eigenvalue weighted by atomic mass is 32.1. The molecule has 0 radical (unpaired) electrons. The summed E-state index contributed by atoms with van der Waals surface area (Å²) >= 11 is 4.98. The van der Waals surface area contributed by atoms with Gasteiger partial charge in [0.25, 0.3) is 5.88 Å². The molecule has 10 heteroatoms. The van der Waals surface area contributed by atoms with E-state index in [1.807, 2.05) is 10.6 Å². The summed E-state index contributed by atoms with van der Waals surface area (Å²) in [6, 6.07) is 3.52. The Morgan fingerprint density at radius 2 is 1.94 bits per heavy atom. The van der Waals surface area contributed by atoms with Crippen LogP contribution in [0.2, 0.25) is 0 Å². The Bertz CT molecular complexity index is 1170. The number of H-pyrrole nitrogens is 2. The third-order valence-corrected chi connectivity index (χ3v) is 4.92. The van der Waals surface area contributed by atoms with Crippen LogP contribution in [-0.2, 0) is 17.7 Å². The van der Waals surface area contributed by atoms with E-state index in [0.717, 1.165) is 29.8 Å². The Morgan fingerprint density at radius 1 is 1.16 bits per heavy atom. The van der Waals surface area contributed by atoms with Crippen LogP contribution in [0, 0.1) is 4.77 Å². The Labute approximate surface area is 191 Å². The van der Waals surface area contributed by atoms with Crippen LogP contribution in [0.5, 0.6) is 11.6 Å². The van der Waals surface area contributed by atoms with E-state index in [2.05, 4.69) is 34.0 Å². The predicted molar refractivity (Wildman–Crippen MR) is 125 cm³/mol. The maximum atomic E-state index is 12.7. The molecule has 0 amide bonds. The van der Waals surface area contributed by atoms with Gasteiger partial charge < -0.3 is 18.8 Å². The van der Waals surface area contributed by atoms with Crippen LogP contribution in [0.25, 0.3) is 22.8 Å². The zero-order valence-electron chi connectivity index (χ0n) is 18.9. The minimum Gasteiger partial charge on any atom is -0.488 e. The van der Waals surface area contributed by atoms with Crippen LogP contribution in [0.4, 0.5) is 0 Å². The maximum Gasteiger partial charge on any atom is 0.257 e. The number of ether oxygens (including phenoxy) is 3. The molecule has 0 unspecified atom stereocenters. The van der Waals surface area contributed by atoms with Gasteiger partial charge in [0.2, 0.25) is 4.77 Å². The predicted octanol–water partition coefficient (Wildman–Crippen LogP) is 3.75. The molecule has 0 aliphatic carbocycles. The molecular formula is C22H29N5O4S. The van der Waals surface area contributed by atoms with Gasteiger partial charge >= 0.3 is 0 Å². The van der Waals surface area contributed by atoms with Crippen molar-refractivity contribution in [3.8, 4) is 34.4 Å². The third kappa shape index (κ3) is 5.25. The smallest absolute Gasteiger partial charge is 0.257 e. The fraction of sp³-hybridized carbons (Fsp3) is 0.455. The van der Waals surface area contributed by atoms with E-state index in [-0.39, 0.29) is 5.43 Å². The van der Waals surface area contributed by atoms with Crippen molar-refractivity contribution in [2.45, 2.75) is 39.7 Å². The number of hydrogen-bond acceptors (Lipinski definition) is 7. The lowest BCUT2D eigenvalue weighted by Gasteiger charge is -2.23. The van der Waals surface area contributed by atoms with Crippen LogP contribution in [0.15, 0.2) is 23.1 Å². The summed E-state index contributed by atoms with van der Waals surface area (Å²) < 4.78 is 18.6. The standard InChI is InChI=1S/C19H21N5O4S.C3H8/c1-26-6-3-7-28-15-8-11-4-5-24-10-12(17-21-19(29)23-22-17)14(25)9-13(24)16(11)20-18(15)27-2;1-3-2/h8-10H,3-7H2,1-2H3,(H2,21,22,23,29);3H2,1-2H3. The van der Waals surface area contributed by atoms with Crippen LogP contribution in [-0.4, -0.2) is 52.2 Å². The zero-order chi connectivity index (χ0) is 23.1. The molecule has 0 atom stereocenters. The fourth-order valence-electron chi connectivity index (χ4n) is 3.34. The van der Waals surface area contributed by atoms with Crippen molar-refractivity contribution in [2.75, 3.05) is 27.4 Å². The van der Waals surface area contributed by atoms with E-state index in [1.54, 1.807) is 26.5 Å². The van der Waals surface area contributed by atoms with Gasteiger partial charge in [0.1, 0.15) is 0 Å². The molecule has 0 aromatic carbocycles. The largest absolute Gasteiger partial charge is 0.488 e. The summed E-state index contributed by atoms with van der Waals surface area (Å²) in [7, 11) is 3.21. The quantitative estimate of drug-likeness (QED) is 0.409. The first kappa shape index (κ1) is 23.7. The molecule has 4 rings (SSSR count). The molecule has 4 heterocycles. The van der Waals surface area contributed by atoms with Gasteiger partial charge in [-0.2, -0.15) is 4.98 Å². The van der Waals surface area contributed by atoms with E-state index in [9.17, 15) is 4.79 Å². The molecule has 0 fully saturated rings. The van der Waals surface area contributed by atoms with Crippen molar-refractivity contribution in [2.24, 2.45) is 0 Å². The van der Waals surface area contributed by atoms with E-state index in [1.165, 1.54) is 6.42 Å². The van der Waals surface area contributed by atoms with Gasteiger partial charge in [-0.05, 0) is 30.3 Å². The molecule has 0 bridgehead atoms. The van der Waals surface area contributed by atoms with Crippen LogP contribution in [0.1, 0.15) is 32.3 Å². The Kier molecular flexibility index (Phi) is 8.18. The highest BCUT2D eigenvalue weighted by Crippen LogP contribution is 2.35. The van der Waals surface area contributed by atoms with Crippen LogP contribution < -0.4 is 14.9 Å². The lowest BCUT2D eigenvalue weighted by Crippen LogP contribution is -2.19. The second-order valence-electron chi connectivity index (χ2n) is 7.30. The third-order valence-electron chi connectivity index (χ3n) is 4.73. The van der Waals surface area contributed by atoms with E-state index < -0.39 is 0 Å². The van der Waals surface area contributed by atoms with Gasteiger partial charge in [-0.1, -0.05) is 20.3 Å². The van der Waals surface area contributed by atoms with Crippen molar-refractivity contribution in [3.63, 3.8) is 0 Å². The molecule has 0 saturated carbocycles. The van der Waals surface area contributed by atoms with E-state index >= 15 is 0 Å². The first-order valence-corrected chi connectivity index (χ1v) is 11.0. The van der Waals surface area contributed by atoms with Gasteiger partial charge in [-0.3, -0.25) is 15.0 Å². The van der Waals surface area contributed by atoms with Crippen LogP contribution in [0.3, 0.4) is 0 Å². The van der Waals surface area contributed by atoms with Gasteiger partial charge in [0, 0.05) is 38.9 Å². The number of aromatic nitrogens is 5. The molecule has 9 nitrogen and oxygen atoms in total. The van der Waals surface area contributed by atoms with Crippen molar-refractivity contribution in [1.82, 2.24) is 24.7 Å². The fourth-order valence-corrected chi connectivity index (χ4v) is 3.49. The van der Waals surface area contributed by atoms with E-state index in [0.29, 0.717) is 47.5 Å². The second kappa shape index (κ2) is 11.1. The molecule has 1 aliphatic rings. The number of nitrogens with zero attached hydrogens (tertiary/aromatic N) is 3. The number of methoxy groups -OCH3 is 2.